The van der Waals surface area contributed by atoms with Gasteiger partial charge in [0.2, 0.25) is 0 Å². The number of rotatable bonds is 11. The third-order valence-electron chi connectivity index (χ3n) is 4.39. The first-order valence-corrected chi connectivity index (χ1v) is 9.05. The third-order valence-corrected chi connectivity index (χ3v) is 4.39. The molecule has 0 radical (unpaired) electrons. The molecule has 1 N–H and O–H groups in total. The molecular weight excluding hydrogens is 328 g/mol. The van der Waals surface area contributed by atoms with E-state index in [0.717, 1.165) is 29.7 Å². The minimum atomic E-state index is -0.288. The van der Waals surface area contributed by atoms with Gasteiger partial charge in [0.1, 0.15) is 5.75 Å². The molecule has 0 aliphatic rings. The summed E-state index contributed by atoms with van der Waals surface area (Å²) in [7, 11) is 1.66. The van der Waals surface area contributed by atoms with Crippen LogP contribution in [0.15, 0.2) is 54.6 Å². The molecule has 142 valence electrons. The average molecular weight is 358 g/mol. The molecule has 0 fully saturated rings. The van der Waals surface area contributed by atoms with E-state index < -0.39 is 0 Å². The lowest BCUT2D eigenvalue weighted by Crippen LogP contribution is -2.28. The van der Waals surface area contributed by atoms with Gasteiger partial charge < -0.3 is 19.3 Å². The molecule has 26 heavy (non-hydrogen) atoms. The standard InChI is InChI=1S/C22H30O4/c1-22(2,26-17-19-9-11-20(24-3)12-10-19)14-13-21(15-23)25-16-18-7-5-4-6-8-18/h4-12,21,23H,13-17H2,1-3H3. The molecule has 4 nitrogen and oxygen atoms in total. The number of hydrogen-bond acceptors (Lipinski definition) is 4. The Morgan fingerprint density at radius 2 is 1.58 bits per heavy atom. The van der Waals surface area contributed by atoms with E-state index in [1.165, 1.54) is 0 Å². The van der Waals surface area contributed by atoms with Crippen molar-refractivity contribution in [3.05, 3.63) is 65.7 Å². The van der Waals surface area contributed by atoms with Crippen LogP contribution < -0.4 is 4.74 Å². The maximum Gasteiger partial charge on any atom is 0.118 e. The summed E-state index contributed by atoms with van der Waals surface area (Å²) in [6.07, 6.45) is 1.38. The number of hydrogen-bond donors (Lipinski definition) is 1. The van der Waals surface area contributed by atoms with Crippen LogP contribution in [0.3, 0.4) is 0 Å². The second-order valence-corrected chi connectivity index (χ2v) is 7.04. The smallest absolute Gasteiger partial charge is 0.118 e. The van der Waals surface area contributed by atoms with Crippen molar-refractivity contribution in [3.63, 3.8) is 0 Å². The van der Waals surface area contributed by atoms with Crippen LogP contribution in [0.4, 0.5) is 0 Å². The largest absolute Gasteiger partial charge is 0.497 e. The second kappa shape index (κ2) is 10.3. The molecule has 1 atom stereocenters. The first kappa shape index (κ1) is 20.4. The SMILES string of the molecule is COc1ccc(COC(C)(C)CCC(CO)OCc2ccccc2)cc1. The molecule has 0 saturated carbocycles. The Labute approximate surface area is 156 Å². The molecule has 0 bridgehead atoms. The molecule has 0 aromatic heterocycles. The van der Waals surface area contributed by atoms with E-state index in [1.54, 1.807) is 7.11 Å². The van der Waals surface area contributed by atoms with Crippen molar-refractivity contribution >= 4 is 0 Å². The van der Waals surface area contributed by atoms with Crippen LogP contribution >= 0.6 is 0 Å². The Hall–Kier alpha value is -1.88. The number of methoxy groups -OCH3 is 1. The van der Waals surface area contributed by atoms with Gasteiger partial charge in [-0.1, -0.05) is 42.5 Å². The van der Waals surface area contributed by atoms with E-state index in [-0.39, 0.29) is 18.3 Å². The molecule has 0 aliphatic carbocycles. The van der Waals surface area contributed by atoms with E-state index in [2.05, 4.69) is 13.8 Å². The van der Waals surface area contributed by atoms with Crippen LogP contribution in [0.2, 0.25) is 0 Å². The number of aliphatic hydroxyl groups excluding tert-OH is 1. The molecule has 1 unspecified atom stereocenters. The van der Waals surface area contributed by atoms with E-state index in [4.69, 9.17) is 14.2 Å². The Kier molecular flexibility index (Phi) is 8.10. The van der Waals surface area contributed by atoms with Crippen molar-refractivity contribution < 1.29 is 19.3 Å². The highest BCUT2D eigenvalue weighted by Gasteiger charge is 2.21. The summed E-state index contributed by atoms with van der Waals surface area (Å²) in [4.78, 5) is 0. The predicted octanol–water partition coefficient (Wildman–Crippen LogP) is 4.35. The van der Waals surface area contributed by atoms with Gasteiger partial charge in [-0.3, -0.25) is 0 Å². The summed E-state index contributed by atoms with van der Waals surface area (Å²) in [6.45, 7) is 5.22. The lowest BCUT2D eigenvalue weighted by atomic mass is 10.00. The van der Waals surface area contributed by atoms with Crippen molar-refractivity contribution in [2.75, 3.05) is 13.7 Å². The van der Waals surface area contributed by atoms with Crippen LogP contribution in [0, 0.1) is 0 Å². The van der Waals surface area contributed by atoms with Crippen LogP contribution in [0.1, 0.15) is 37.8 Å². The lowest BCUT2D eigenvalue weighted by Gasteiger charge is -2.27. The highest BCUT2D eigenvalue weighted by Crippen LogP contribution is 2.22. The van der Waals surface area contributed by atoms with Crippen LogP contribution in [0.5, 0.6) is 5.75 Å². The predicted molar refractivity (Wildman–Crippen MR) is 103 cm³/mol. The number of benzene rings is 2. The molecule has 0 spiro atoms. The fourth-order valence-corrected chi connectivity index (χ4v) is 2.60. The molecule has 0 saturated heterocycles. The van der Waals surface area contributed by atoms with Crippen molar-refractivity contribution in [2.24, 2.45) is 0 Å². The molecule has 0 heterocycles. The van der Waals surface area contributed by atoms with Gasteiger partial charge in [-0.25, -0.2) is 0 Å². The number of aliphatic hydroxyl groups is 1. The zero-order valence-corrected chi connectivity index (χ0v) is 16.0. The number of ether oxygens (including phenoxy) is 3. The normalized spacial score (nSPS) is 12.8. The summed E-state index contributed by atoms with van der Waals surface area (Å²) in [5, 5.41) is 9.58. The van der Waals surface area contributed by atoms with Gasteiger partial charge in [0, 0.05) is 0 Å². The minimum absolute atomic E-state index is 0.0153. The van der Waals surface area contributed by atoms with Gasteiger partial charge in [0.15, 0.2) is 0 Å². The fourth-order valence-electron chi connectivity index (χ4n) is 2.60. The summed E-state index contributed by atoms with van der Waals surface area (Å²) < 4.78 is 17.1. The van der Waals surface area contributed by atoms with Crippen molar-refractivity contribution in [3.8, 4) is 5.75 Å². The average Bonchev–Trinajstić information content (AvgIpc) is 2.68. The highest BCUT2D eigenvalue weighted by atomic mass is 16.5. The Balaban J connectivity index is 1.75. The monoisotopic (exact) mass is 358 g/mol. The molecular formula is C22H30O4. The molecule has 0 aliphatic heterocycles. The Bertz CT molecular complexity index is 622. The van der Waals surface area contributed by atoms with Crippen molar-refractivity contribution in [2.45, 2.75) is 51.6 Å². The Morgan fingerprint density at radius 3 is 2.19 bits per heavy atom. The maximum absolute atomic E-state index is 9.58. The molecule has 2 aromatic rings. The van der Waals surface area contributed by atoms with Crippen molar-refractivity contribution in [1.29, 1.82) is 0 Å². The van der Waals surface area contributed by atoms with Crippen molar-refractivity contribution in [1.82, 2.24) is 0 Å². The third kappa shape index (κ3) is 7.16. The fraction of sp³-hybridized carbons (Fsp3) is 0.455. The van der Waals surface area contributed by atoms with E-state index in [1.807, 2.05) is 54.6 Å². The molecule has 4 heteroatoms. The Morgan fingerprint density at radius 1 is 0.923 bits per heavy atom. The summed E-state index contributed by atoms with van der Waals surface area (Å²) in [6, 6.07) is 17.9. The first-order chi connectivity index (χ1) is 12.5. The lowest BCUT2D eigenvalue weighted by molar-refractivity contribution is -0.0576. The van der Waals surface area contributed by atoms with Crippen LogP contribution in [-0.4, -0.2) is 30.5 Å². The second-order valence-electron chi connectivity index (χ2n) is 7.04. The van der Waals surface area contributed by atoms with Gasteiger partial charge in [-0.15, -0.1) is 0 Å². The summed E-state index contributed by atoms with van der Waals surface area (Å²) >= 11 is 0. The van der Waals surface area contributed by atoms with Gasteiger partial charge in [-0.2, -0.15) is 0 Å². The summed E-state index contributed by atoms with van der Waals surface area (Å²) in [5.41, 5.74) is 1.93. The molecule has 2 rings (SSSR count). The quantitative estimate of drug-likeness (QED) is 0.649. The zero-order valence-electron chi connectivity index (χ0n) is 16.0. The maximum atomic E-state index is 9.58. The molecule has 0 amide bonds. The van der Waals surface area contributed by atoms with Crippen LogP contribution in [0.25, 0.3) is 0 Å². The molecule has 2 aromatic carbocycles. The highest BCUT2D eigenvalue weighted by molar-refractivity contribution is 5.26. The van der Waals surface area contributed by atoms with Gasteiger partial charge in [-0.05, 0) is 49.9 Å². The van der Waals surface area contributed by atoms with Gasteiger partial charge in [0.25, 0.3) is 0 Å². The first-order valence-electron chi connectivity index (χ1n) is 9.05. The van der Waals surface area contributed by atoms with Gasteiger partial charge >= 0.3 is 0 Å². The van der Waals surface area contributed by atoms with E-state index in [0.29, 0.717) is 13.2 Å². The minimum Gasteiger partial charge on any atom is -0.497 e. The van der Waals surface area contributed by atoms with E-state index in [9.17, 15) is 5.11 Å². The topological polar surface area (TPSA) is 47.9 Å². The van der Waals surface area contributed by atoms with Gasteiger partial charge in [0.05, 0.1) is 38.6 Å². The van der Waals surface area contributed by atoms with E-state index >= 15 is 0 Å². The summed E-state index contributed by atoms with van der Waals surface area (Å²) in [5.74, 6) is 0.842. The zero-order chi connectivity index (χ0) is 18.8. The van der Waals surface area contributed by atoms with Crippen LogP contribution in [-0.2, 0) is 22.7 Å².